The van der Waals surface area contributed by atoms with E-state index in [1.807, 2.05) is 36.4 Å². The van der Waals surface area contributed by atoms with Crippen molar-refractivity contribution in [3.05, 3.63) is 65.2 Å². The van der Waals surface area contributed by atoms with Crippen LogP contribution in [0.4, 0.5) is 0 Å². The standard InChI is InChI=1S/C26H31N3O3/c1-2-24-20(15-28-11-5-6-12-28)14-25(32-24)26(31)29-16-19(23(30)17-29)13-21-10-9-18-7-3-4-8-22(18)27-21/h3-4,7-10,14,19,23,30H,2,5-6,11-13,15-17H2,1H3/t19-,23-/m1/s1. The lowest BCUT2D eigenvalue weighted by Gasteiger charge is -2.15. The zero-order chi connectivity index (χ0) is 22.1. The summed E-state index contributed by atoms with van der Waals surface area (Å²) in [4.78, 5) is 22.1. The van der Waals surface area contributed by atoms with E-state index in [1.54, 1.807) is 4.90 Å². The summed E-state index contributed by atoms with van der Waals surface area (Å²) >= 11 is 0. The van der Waals surface area contributed by atoms with Crippen LogP contribution in [-0.4, -0.2) is 58.1 Å². The molecule has 0 aliphatic carbocycles. The predicted molar refractivity (Wildman–Crippen MR) is 123 cm³/mol. The summed E-state index contributed by atoms with van der Waals surface area (Å²) in [6, 6.07) is 14.0. The Balaban J connectivity index is 1.27. The second kappa shape index (κ2) is 9.04. The summed E-state index contributed by atoms with van der Waals surface area (Å²) in [6.07, 6.45) is 3.34. The Morgan fingerprint density at radius 2 is 1.97 bits per heavy atom. The largest absolute Gasteiger partial charge is 0.456 e. The van der Waals surface area contributed by atoms with Crippen LogP contribution >= 0.6 is 0 Å². The number of nitrogens with zero attached hydrogens (tertiary/aromatic N) is 3. The number of hydrogen-bond acceptors (Lipinski definition) is 5. The number of aryl methyl sites for hydroxylation is 1. The van der Waals surface area contributed by atoms with Crippen LogP contribution < -0.4 is 0 Å². The lowest BCUT2D eigenvalue weighted by Crippen LogP contribution is -2.29. The molecule has 3 aromatic rings. The van der Waals surface area contributed by atoms with Crippen molar-refractivity contribution in [1.29, 1.82) is 0 Å². The minimum Gasteiger partial charge on any atom is -0.456 e. The Kier molecular flexibility index (Phi) is 5.98. The van der Waals surface area contributed by atoms with Crippen LogP contribution in [0, 0.1) is 5.92 Å². The van der Waals surface area contributed by atoms with Crippen LogP contribution in [0.5, 0.6) is 0 Å². The molecule has 0 unspecified atom stereocenters. The minimum atomic E-state index is -0.558. The summed E-state index contributed by atoms with van der Waals surface area (Å²) in [5.41, 5.74) is 3.02. The topological polar surface area (TPSA) is 69.8 Å². The minimum absolute atomic E-state index is 0.0303. The van der Waals surface area contributed by atoms with Gasteiger partial charge < -0.3 is 14.4 Å². The summed E-state index contributed by atoms with van der Waals surface area (Å²) < 4.78 is 5.97. The molecular weight excluding hydrogens is 402 g/mol. The Morgan fingerprint density at radius 1 is 1.16 bits per heavy atom. The Labute approximate surface area is 188 Å². The van der Waals surface area contributed by atoms with Gasteiger partial charge in [-0.2, -0.15) is 0 Å². The van der Waals surface area contributed by atoms with Crippen LogP contribution in [0.1, 0.15) is 47.3 Å². The third-order valence-electron chi connectivity index (χ3n) is 6.84. The molecule has 6 nitrogen and oxygen atoms in total. The van der Waals surface area contributed by atoms with Crippen molar-refractivity contribution in [1.82, 2.24) is 14.8 Å². The quantitative estimate of drug-likeness (QED) is 0.642. The number of carbonyl (C=O) groups excluding carboxylic acids is 1. The SMILES string of the molecule is CCc1oc(C(=O)N2C[C@@H](Cc3ccc4ccccc4n3)[C@H](O)C2)cc1CN1CCCC1. The van der Waals surface area contributed by atoms with Gasteiger partial charge in [-0.1, -0.05) is 31.2 Å². The van der Waals surface area contributed by atoms with E-state index in [-0.39, 0.29) is 11.8 Å². The van der Waals surface area contributed by atoms with Crippen molar-refractivity contribution in [2.75, 3.05) is 26.2 Å². The lowest BCUT2D eigenvalue weighted by molar-refractivity contribution is 0.0732. The highest BCUT2D eigenvalue weighted by Crippen LogP contribution is 2.26. The highest BCUT2D eigenvalue weighted by molar-refractivity contribution is 5.92. The molecule has 5 rings (SSSR count). The maximum Gasteiger partial charge on any atom is 0.289 e. The first-order chi connectivity index (χ1) is 15.6. The van der Waals surface area contributed by atoms with Crippen molar-refractivity contribution in [2.45, 2.75) is 45.3 Å². The third kappa shape index (κ3) is 4.30. The third-order valence-corrected chi connectivity index (χ3v) is 6.84. The second-order valence-electron chi connectivity index (χ2n) is 9.13. The number of likely N-dealkylation sites (tertiary alicyclic amines) is 2. The second-order valence-corrected chi connectivity index (χ2v) is 9.13. The number of aliphatic hydroxyl groups is 1. The van der Waals surface area contributed by atoms with Gasteiger partial charge in [0, 0.05) is 48.6 Å². The fraction of sp³-hybridized carbons (Fsp3) is 0.462. The number of fused-ring (bicyclic) bond motifs is 1. The molecule has 2 saturated heterocycles. The zero-order valence-electron chi connectivity index (χ0n) is 18.7. The highest BCUT2D eigenvalue weighted by atomic mass is 16.4. The number of carbonyl (C=O) groups is 1. The van der Waals surface area contributed by atoms with E-state index in [0.717, 1.165) is 54.0 Å². The average molecular weight is 434 g/mol. The molecule has 0 saturated carbocycles. The van der Waals surface area contributed by atoms with E-state index >= 15 is 0 Å². The predicted octanol–water partition coefficient (Wildman–Crippen LogP) is 3.66. The van der Waals surface area contributed by atoms with Gasteiger partial charge >= 0.3 is 0 Å². The molecule has 4 heterocycles. The van der Waals surface area contributed by atoms with E-state index in [9.17, 15) is 9.90 Å². The van der Waals surface area contributed by atoms with Crippen LogP contribution in [0.25, 0.3) is 10.9 Å². The number of para-hydroxylation sites is 1. The van der Waals surface area contributed by atoms with Crippen LogP contribution in [0.15, 0.2) is 46.9 Å². The molecule has 2 atom stereocenters. The first kappa shape index (κ1) is 21.2. The zero-order valence-corrected chi connectivity index (χ0v) is 18.7. The summed E-state index contributed by atoms with van der Waals surface area (Å²) in [5.74, 6) is 1.14. The molecule has 0 radical (unpaired) electrons. The van der Waals surface area contributed by atoms with E-state index in [1.165, 1.54) is 12.8 Å². The number of β-amino-alcohol motifs (C(OH)–C–C–N with tert-alkyl or cyclic N) is 1. The molecule has 32 heavy (non-hydrogen) atoms. The maximum absolute atomic E-state index is 13.2. The molecule has 1 N–H and O–H groups in total. The Morgan fingerprint density at radius 3 is 2.78 bits per heavy atom. The molecule has 2 aliphatic heterocycles. The molecule has 2 fully saturated rings. The molecule has 2 aliphatic rings. The fourth-order valence-electron chi connectivity index (χ4n) is 5.05. The molecule has 0 bridgehead atoms. The number of benzene rings is 1. The number of hydrogen-bond donors (Lipinski definition) is 1. The first-order valence-electron chi connectivity index (χ1n) is 11.8. The van der Waals surface area contributed by atoms with Crippen molar-refractivity contribution in [3.8, 4) is 0 Å². The summed E-state index contributed by atoms with van der Waals surface area (Å²) in [6.45, 7) is 5.98. The van der Waals surface area contributed by atoms with Gasteiger partial charge in [0.15, 0.2) is 5.76 Å². The molecular formula is C26H31N3O3. The fourth-order valence-corrected chi connectivity index (χ4v) is 5.05. The van der Waals surface area contributed by atoms with Gasteiger partial charge in [0.2, 0.25) is 0 Å². The molecule has 0 spiro atoms. The van der Waals surface area contributed by atoms with E-state index in [4.69, 9.17) is 9.40 Å². The van der Waals surface area contributed by atoms with Crippen LogP contribution in [0.3, 0.4) is 0 Å². The van der Waals surface area contributed by atoms with Crippen LogP contribution in [-0.2, 0) is 19.4 Å². The lowest BCUT2D eigenvalue weighted by atomic mass is 9.99. The van der Waals surface area contributed by atoms with Crippen molar-refractivity contribution in [3.63, 3.8) is 0 Å². The van der Waals surface area contributed by atoms with Gasteiger partial charge in [0.25, 0.3) is 5.91 Å². The van der Waals surface area contributed by atoms with Gasteiger partial charge in [0.1, 0.15) is 5.76 Å². The first-order valence-corrected chi connectivity index (χ1v) is 11.8. The van der Waals surface area contributed by atoms with Crippen LogP contribution in [0.2, 0.25) is 0 Å². The van der Waals surface area contributed by atoms with Gasteiger partial charge in [-0.15, -0.1) is 0 Å². The van der Waals surface area contributed by atoms with Gasteiger partial charge in [0.05, 0.1) is 11.6 Å². The Hall–Kier alpha value is -2.70. The maximum atomic E-state index is 13.2. The van der Waals surface area contributed by atoms with Gasteiger partial charge in [-0.25, -0.2) is 0 Å². The molecule has 2 aromatic heterocycles. The average Bonchev–Trinajstić information content (AvgIpc) is 3.55. The number of amides is 1. The molecule has 1 amide bonds. The van der Waals surface area contributed by atoms with Crippen molar-refractivity contribution in [2.24, 2.45) is 5.92 Å². The smallest absolute Gasteiger partial charge is 0.289 e. The summed E-state index contributed by atoms with van der Waals surface area (Å²) in [7, 11) is 0. The Bertz CT molecular complexity index is 1100. The van der Waals surface area contributed by atoms with E-state index in [2.05, 4.69) is 17.9 Å². The van der Waals surface area contributed by atoms with E-state index in [0.29, 0.717) is 25.3 Å². The van der Waals surface area contributed by atoms with Crippen molar-refractivity contribution >= 4 is 16.8 Å². The molecule has 6 heteroatoms. The van der Waals surface area contributed by atoms with Gasteiger partial charge in [-0.3, -0.25) is 14.7 Å². The monoisotopic (exact) mass is 433 g/mol. The molecule has 1 aromatic carbocycles. The number of aromatic nitrogens is 1. The highest BCUT2D eigenvalue weighted by Gasteiger charge is 2.36. The molecule has 168 valence electrons. The number of aliphatic hydroxyl groups excluding tert-OH is 1. The summed E-state index contributed by atoms with van der Waals surface area (Å²) in [5, 5.41) is 11.8. The number of furan rings is 1. The van der Waals surface area contributed by atoms with E-state index < -0.39 is 6.10 Å². The number of rotatable bonds is 6. The normalized spacial score (nSPS) is 21.6. The van der Waals surface area contributed by atoms with Crippen molar-refractivity contribution < 1.29 is 14.3 Å². The van der Waals surface area contributed by atoms with Gasteiger partial charge in [-0.05, 0) is 50.6 Å². The number of pyridine rings is 1.